The summed E-state index contributed by atoms with van der Waals surface area (Å²) < 4.78 is 0. The molecule has 7 nitrogen and oxygen atoms in total. The van der Waals surface area contributed by atoms with E-state index in [1.807, 2.05) is 0 Å². The Morgan fingerprint density at radius 2 is 1.76 bits per heavy atom. The van der Waals surface area contributed by atoms with E-state index in [1.54, 1.807) is 36.4 Å². The molecule has 104 valence electrons. The largest absolute Gasteiger partial charge is 0.872 e. The second kappa shape index (κ2) is 5.41. The van der Waals surface area contributed by atoms with Gasteiger partial charge in [0.05, 0.1) is 0 Å². The molecule has 1 heterocycles. The summed E-state index contributed by atoms with van der Waals surface area (Å²) in [4.78, 5) is 12.1. The number of nitrogens with one attached hydrogen (secondary N) is 2. The molecule has 0 radical (unpaired) electrons. The summed E-state index contributed by atoms with van der Waals surface area (Å²) in [6.45, 7) is 0. The molecule has 0 saturated carbocycles. The van der Waals surface area contributed by atoms with Crippen molar-refractivity contribution in [2.75, 3.05) is 5.32 Å². The summed E-state index contributed by atoms with van der Waals surface area (Å²) in [6.07, 6.45) is 0. The highest BCUT2D eigenvalue weighted by atomic mass is 16.3. The van der Waals surface area contributed by atoms with Gasteiger partial charge in [0.2, 0.25) is 5.82 Å². The first-order chi connectivity index (χ1) is 10.2. The number of carbonyl (C=O) groups is 1. The molecule has 0 fully saturated rings. The van der Waals surface area contributed by atoms with E-state index in [2.05, 4.69) is 25.9 Å². The van der Waals surface area contributed by atoms with Gasteiger partial charge < -0.3 is 10.4 Å². The van der Waals surface area contributed by atoms with Crippen LogP contribution in [0.1, 0.15) is 10.4 Å². The number of amides is 1. The Kier molecular flexibility index (Phi) is 3.30. The van der Waals surface area contributed by atoms with E-state index >= 15 is 0 Å². The molecule has 0 aliphatic carbocycles. The van der Waals surface area contributed by atoms with Crippen molar-refractivity contribution >= 4 is 11.6 Å². The molecular weight excluding hydrogens is 270 g/mol. The minimum Gasteiger partial charge on any atom is -0.872 e. The van der Waals surface area contributed by atoms with Crippen molar-refractivity contribution in [3.8, 4) is 17.1 Å². The summed E-state index contributed by atoms with van der Waals surface area (Å²) in [5, 5.41) is 27.3. The lowest BCUT2D eigenvalue weighted by Crippen LogP contribution is -2.11. The fraction of sp³-hybridized carbons (Fsp3) is 0. The molecule has 3 rings (SSSR count). The fourth-order valence-electron chi connectivity index (χ4n) is 1.80. The van der Waals surface area contributed by atoms with Crippen molar-refractivity contribution in [2.45, 2.75) is 0 Å². The summed E-state index contributed by atoms with van der Waals surface area (Å²) in [5.41, 5.74) is 1.83. The van der Waals surface area contributed by atoms with Gasteiger partial charge in [-0.3, -0.25) is 4.79 Å². The summed E-state index contributed by atoms with van der Waals surface area (Å²) in [6, 6.07) is 12.7. The highest BCUT2D eigenvalue weighted by Crippen LogP contribution is 2.16. The lowest BCUT2D eigenvalue weighted by molar-refractivity contribution is -0.268. The van der Waals surface area contributed by atoms with Gasteiger partial charge in [0.1, 0.15) is 0 Å². The molecule has 1 aromatic heterocycles. The van der Waals surface area contributed by atoms with Gasteiger partial charge in [-0.15, -0.1) is 15.9 Å². The van der Waals surface area contributed by atoms with Gasteiger partial charge in [-0.25, -0.2) is 0 Å². The van der Waals surface area contributed by atoms with Crippen LogP contribution in [0.4, 0.5) is 5.69 Å². The van der Waals surface area contributed by atoms with Crippen LogP contribution in [-0.4, -0.2) is 26.5 Å². The minimum absolute atomic E-state index is 0.0996. The van der Waals surface area contributed by atoms with E-state index in [9.17, 15) is 9.90 Å². The second-order valence-electron chi connectivity index (χ2n) is 4.29. The molecule has 0 aliphatic heterocycles. The molecule has 2 aromatic carbocycles. The molecule has 0 saturated heterocycles. The molecule has 1 amide bonds. The normalized spacial score (nSPS) is 10.3. The predicted octanol–water partition coefficient (Wildman–Crippen LogP) is 1.19. The van der Waals surface area contributed by atoms with Gasteiger partial charge in [-0.05, 0) is 29.5 Å². The smallest absolute Gasteiger partial charge is 0.255 e. The third kappa shape index (κ3) is 2.86. The van der Waals surface area contributed by atoms with Crippen molar-refractivity contribution in [1.29, 1.82) is 0 Å². The Morgan fingerprint density at radius 1 is 1.05 bits per heavy atom. The monoisotopic (exact) mass is 280 g/mol. The van der Waals surface area contributed by atoms with Crippen molar-refractivity contribution in [1.82, 2.24) is 20.6 Å². The Balaban J connectivity index is 1.74. The number of carbonyl (C=O) groups excluding carboxylic acids is 1. The van der Waals surface area contributed by atoms with Crippen LogP contribution in [0.3, 0.4) is 0 Å². The number of aromatic amines is 1. The van der Waals surface area contributed by atoms with Crippen LogP contribution >= 0.6 is 0 Å². The number of hydrogen-bond acceptors (Lipinski definition) is 5. The second-order valence-corrected chi connectivity index (χ2v) is 4.29. The van der Waals surface area contributed by atoms with Crippen LogP contribution in [0.2, 0.25) is 0 Å². The highest BCUT2D eigenvalue weighted by Gasteiger charge is 2.07. The SMILES string of the molecule is O=C(Nc1ccc([O-])cc1)c1ccc(-c2nn[nH]n2)cc1. The standard InChI is InChI=1S/C14H11N5O2/c20-12-7-5-11(6-8-12)15-14(21)10-3-1-9(2-4-10)13-16-18-19-17-13/h1-8,20H,(H,15,21)(H,16,17,18,19)/p-1. The maximum Gasteiger partial charge on any atom is 0.255 e. The van der Waals surface area contributed by atoms with Crippen LogP contribution in [0, 0.1) is 0 Å². The number of aromatic nitrogens is 4. The number of tetrazole rings is 1. The van der Waals surface area contributed by atoms with Crippen LogP contribution in [0.15, 0.2) is 48.5 Å². The highest BCUT2D eigenvalue weighted by molar-refractivity contribution is 6.04. The van der Waals surface area contributed by atoms with Crippen molar-refractivity contribution in [3.63, 3.8) is 0 Å². The molecule has 0 bridgehead atoms. The molecule has 21 heavy (non-hydrogen) atoms. The van der Waals surface area contributed by atoms with Crippen LogP contribution < -0.4 is 10.4 Å². The number of anilines is 1. The predicted molar refractivity (Wildman–Crippen MR) is 73.5 cm³/mol. The summed E-state index contributed by atoms with van der Waals surface area (Å²) in [7, 11) is 0. The zero-order valence-electron chi connectivity index (χ0n) is 10.8. The van der Waals surface area contributed by atoms with Gasteiger partial charge in [0, 0.05) is 16.8 Å². The molecule has 0 unspecified atom stereocenters. The molecule has 0 spiro atoms. The van der Waals surface area contributed by atoms with E-state index in [-0.39, 0.29) is 11.7 Å². The lowest BCUT2D eigenvalue weighted by atomic mass is 10.1. The third-order valence-corrected chi connectivity index (χ3v) is 2.86. The Hall–Kier alpha value is -3.22. The Bertz CT molecular complexity index is 736. The van der Waals surface area contributed by atoms with E-state index in [0.29, 0.717) is 17.1 Å². The molecule has 0 aliphatic rings. The van der Waals surface area contributed by atoms with E-state index < -0.39 is 0 Å². The topological polar surface area (TPSA) is 107 Å². The lowest BCUT2D eigenvalue weighted by Gasteiger charge is -2.08. The first kappa shape index (κ1) is 12.8. The molecule has 2 N–H and O–H groups in total. The molecular formula is C14H10N5O2-. The van der Waals surface area contributed by atoms with Gasteiger partial charge in [0.25, 0.3) is 5.91 Å². The minimum atomic E-state index is -0.256. The van der Waals surface area contributed by atoms with Gasteiger partial charge in [0.15, 0.2) is 0 Å². The van der Waals surface area contributed by atoms with Gasteiger partial charge in [-0.1, -0.05) is 24.3 Å². The van der Waals surface area contributed by atoms with Crippen LogP contribution in [-0.2, 0) is 0 Å². The third-order valence-electron chi connectivity index (χ3n) is 2.86. The maximum atomic E-state index is 12.1. The van der Waals surface area contributed by atoms with E-state index in [1.165, 1.54) is 12.1 Å². The molecule has 3 aromatic rings. The maximum absolute atomic E-state index is 12.1. The van der Waals surface area contributed by atoms with Crippen molar-refractivity contribution in [3.05, 3.63) is 54.1 Å². The van der Waals surface area contributed by atoms with Gasteiger partial charge >= 0.3 is 0 Å². The Labute approximate surface area is 119 Å². The first-order valence-electron chi connectivity index (χ1n) is 6.15. The summed E-state index contributed by atoms with van der Waals surface area (Å²) >= 11 is 0. The number of benzene rings is 2. The van der Waals surface area contributed by atoms with Gasteiger partial charge in [-0.2, -0.15) is 5.21 Å². The zero-order valence-corrected chi connectivity index (χ0v) is 10.8. The Morgan fingerprint density at radius 3 is 2.38 bits per heavy atom. The number of H-pyrrole nitrogens is 1. The molecule has 0 atom stereocenters. The van der Waals surface area contributed by atoms with Crippen LogP contribution in [0.25, 0.3) is 11.4 Å². The van der Waals surface area contributed by atoms with Crippen molar-refractivity contribution in [2.24, 2.45) is 0 Å². The summed E-state index contributed by atoms with van der Waals surface area (Å²) in [5.74, 6) is 0.110. The van der Waals surface area contributed by atoms with Crippen molar-refractivity contribution < 1.29 is 9.90 Å². The average molecular weight is 280 g/mol. The average Bonchev–Trinajstić information content (AvgIpc) is 3.04. The van der Waals surface area contributed by atoms with E-state index in [0.717, 1.165) is 5.56 Å². The number of nitrogens with zero attached hydrogens (tertiary/aromatic N) is 3. The zero-order chi connectivity index (χ0) is 14.7. The quantitative estimate of drug-likeness (QED) is 0.749. The van der Waals surface area contributed by atoms with Crippen LogP contribution in [0.5, 0.6) is 5.75 Å². The fourth-order valence-corrected chi connectivity index (χ4v) is 1.80. The van der Waals surface area contributed by atoms with E-state index in [4.69, 9.17) is 0 Å². The number of hydrogen-bond donors (Lipinski definition) is 2. The number of rotatable bonds is 3. The first-order valence-corrected chi connectivity index (χ1v) is 6.15. The molecule has 7 heteroatoms.